The van der Waals surface area contributed by atoms with E-state index in [0.717, 1.165) is 0 Å². The van der Waals surface area contributed by atoms with Crippen molar-refractivity contribution >= 4 is 23.5 Å². The number of carbonyl (C=O) groups is 2. The molecule has 1 aromatic rings. The maximum absolute atomic E-state index is 12.0. The van der Waals surface area contributed by atoms with E-state index in [0.29, 0.717) is 5.02 Å². The summed E-state index contributed by atoms with van der Waals surface area (Å²) in [5.41, 5.74) is 0.0158. The van der Waals surface area contributed by atoms with Crippen LogP contribution in [0.2, 0.25) is 5.02 Å². The van der Waals surface area contributed by atoms with Crippen molar-refractivity contribution in [3.05, 3.63) is 28.8 Å². The smallest absolute Gasteiger partial charge is 0.328 e. The van der Waals surface area contributed by atoms with E-state index in [4.69, 9.17) is 11.6 Å². The second kappa shape index (κ2) is 6.43. The average molecular weight is 286 g/mol. The fraction of sp³-hybridized carbons (Fsp3) is 0.385. The van der Waals surface area contributed by atoms with E-state index in [9.17, 15) is 14.7 Å². The van der Waals surface area contributed by atoms with Crippen LogP contribution in [0.4, 0.5) is 0 Å². The average Bonchev–Trinajstić information content (AvgIpc) is 2.37. The Morgan fingerprint density at radius 3 is 2.53 bits per heavy atom. The number of rotatable bonds is 4. The maximum atomic E-state index is 12.0. The highest BCUT2D eigenvalue weighted by Crippen LogP contribution is 2.21. The predicted molar refractivity (Wildman–Crippen MR) is 71.2 cm³/mol. The highest BCUT2D eigenvalue weighted by Gasteiger charge is 2.26. The number of benzene rings is 1. The molecule has 6 heteroatoms. The molecule has 0 heterocycles. The molecule has 104 valence electrons. The number of hydrogen-bond acceptors (Lipinski definition) is 4. The van der Waals surface area contributed by atoms with Crippen molar-refractivity contribution in [2.24, 2.45) is 5.92 Å². The molecule has 5 nitrogen and oxygen atoms in total. The van der Waals surface area contributed by atoms with E-state index in [1.165, 1.54) is 25.3 Å². The minimum Gasteiger partial charge on any atom is -0.507 e. The van der Waals surface area contributed by atoms with E-state index in [2.05, 4.69) is 10.1 Å². The fourth-order valence-corrected chi connectivity index (χ4v) is 1.71. The number of ether oxygens (including phenoxy) is 1. The standard InChI is InChI=1S/C13H16ClNO4/c1-7(2)11(13(18)19-3)15-12(17)9-6-8(14)4-5-10(9)16/h4-7,11,16H,1-3H3,(H,15,17). The van der Waals surface area contributed by atoms with Crippen molar-refractivity contribution in [1.29, 1.82) is 0 Å². The second-order valence-electron chi connectivity index (χ2n) is 4.38. The first-order chi connectivity index (χ1) is 8.86. The Morgan fingerprint density at radius 2 is 2.00 bits per heavy atom. The van der Waals surface area contributed by atoms with Gasteiger partial charge in [0.15, 0.2) is 0 Å². The number of halogens is 1. The lowest BCUT2D eigenvalue weighted by Gasteiger charge is -2.20. The molecule has 0 aliphatic heterocycles. The van der Waals surface area contributed by atoms with Gasteiger partial charge in [0.25, 0.3) is 5.91 Å². The lowest BCUT2D eigenvalue weighted by Crippen LogP contribution is -2.45. The largest absolute Gasteiger partial charge is 0.507 e. The zero-order chi connectivity index (χ0) is 14.6. The van der Waals surface area contributed by atoms with E-state index in [1.54, 1.807) is 13.8 Å². The van der Waals surface area contributed by atoms with Crippen molar-refractivity contribution in [3.63, 3.8) is 0 Å². The zero-order valence-corrected chi connectivity index (χ0v) is 11.7. The number of phenols is 1. The third-order valence-electron chi connectivity index (χ3n) is 2.61. The Bertz CT molecular complexity index is 488. The van der Waals surface area contributed by atoms with Crippen LogP contribution in [0.25, 0.3) is 0 Å². The molecule has 1 atom stereocenters. The molecule has 0 saturated heterocycles. The van der Waals surface area contributed by atoms with Crippen LogP contribution in [-0.4, -0.2) is 30.1 Å². The third kappa shape index (κ3) is 3.86. The van der Waals surface area contributed by atoms with Crippen LogP contribution in [0, 0.1) is 5.92 Å². The minimum absolute atomic E-state index is 0.0158. The summed E-state index contributed by atoms with van der Waals surface area (Å²) in [6.45, 7) is 3.55. The van der Waals surface area contributed by atoms with Gasteiger partial charge in [0.05, 0.1) is 12.7 Å². The lowest BCUT2D eigenvalue weighted by atomic mass is 10.0. The van der Waals surface area contributed by atoms with Gasteiger partial charge < -0.3 is 15.2 Å². The summed E-state index contributed by atoms with van der Waals surface area (Å²) < 4.78 is 4.62. The summed E-state index contributed by atoms with van der Waals surface area (Å²) in [5.74, 6) is -1.46. The normalized spacial score (nSPS) is 12.1. The Labute approximate surface area is 116 Å². The first-order valence-corrected chi connectivity index (χ1v) is 6.11. The van der Waals surface area contributed by atoms with Gasteiger partial charge in [-0.25, -0.2) is 4.79 Å². The molecule has 19 heavy (non-hydrogen) atoms. The van der Waals surface area contributed by atoms with Crippen LogP contribution < -0.4 is 5.32 Å². The zero-order valence-electron chi connectivity index (χ0n) is 10.9. The number of methoxy groups -OCH3 is 1. The number of esters is 1. The van der Waals surface area contributed by atoms with Gasteiger partial charge in [-0.15, -0.1) is 0 Å². The first kappa shape index (κ1) is 15.3. The first-order valence-electron chi connectivity index (χ1n) is 5.74. The summed E-state index contributed by atoms with van der Waals surface area (Å²) in [5, 5.41) is 12.5. The SMILES string of the molecule is COC(=O)C(NC(=O)c1cc(Cl)ccc1O)C(C)C. The van der Waals surface area contributed by atoms with Crippen LogP contribution in [0.5, 0.6) is 5.75 Å². The molecule has 0 saturated carbocycles. The monoisotopic (exact) mass is 285 g/mol. The number of nitrogens with one attached hydrogen (secondary N) is 1. The topological polar surface area (TPSA) is 75.6 Å². The van der Waals surface area contributed by atoms with Gasteiger partial charge in [-0.3, -0.25) is 4.79 Å². The van der Waals surface area contributed by atoms with E-state index in [1.807, 2.05) is 0 Å². The number of aromatic hydroxyl groups is 1. The van der Waals surface area contributed by atoms with E-state index < -0.39 is 17.9 Å². The van der Waals surface area contributed by atoms with E-state index >= 15 is 0 Å². The summed E-state index contributed by atoms with van der Waals surface area (Å²) in [6.07, 6.45) is 0. The van der Waals surface area contributed by atoms with Crippen molar-refractivity contribution in [2.45, 2.75) is 19.9 Å². The molecular formula is C13H16ClNO4. The van der Waals surface area contributed by atoms with Gasteiger partial charge >= 0.3 is 5.97 Å². The van der Waals surface area contributed by atoms with Crippen molar-refractivity contribution in [2.75, 3.05) is 7.11 Å². The Kier molecular flexibility index (Phi) is 5.18. The minimum atomic E-state index is -0.782. The van der Waals surface area contributed by atoms with Crippen LogP contribution in [0.3, 0.4) is 0 Å². The lowest BCUT2D eigenvalue weighted by molar-refractivity contribution is -0.144. The summed E-state index contributed by atoms with van der Waals surface area (Å²) in [7, 11) is 1.25. The summed E-state index contributed by atoms with van der Waals surface area (Å²) in [6, 6.07) is 3.34. The number of phenolic OH excluding ortho intramolecular Hbond substituents is 1. The Morgan fingerprint density at radius 1 is 1.37 bits per heavy atom. The molecule has 1 unspecified atom stereocenters. The molecule has 1 rings (SSSR count). The van der Waals surface area contributed by atoms with Crippen LogP contribution >= 0.6 is 11.6 Å². The van der Waals surface area contributed by atoms with Crippen molar-refractivity contribution < 1.29 is 19.4 Å². The molecule has 0 aliphatic rings. The molecule has 0 radical (unpaired) electrons. The van der Waals surface area contributed by atoms with Crippen LogP contribution in [-0.2, 0) is 9.53 Å². The van der Waals surface area contributed by atoms with Gasteiger partial charge in [-0.05, 0) is 24.1 Å². The third-order valence-corrected chi connectivity index (χ3v) is 2.85. The molecule has 0 bridgehead atoms. The van der Waals surface area contributed by atoms with Gasteiger partial charge in [0.2, 0.25) is 0 Å². The Balaban J connectivity index is 2.94. The van der Waals surface area contributed by atoms with Crippen LogP contribution in [0.1, 0.15) is 24.2 Å². The van der Waals surface area contributed by atoms with Gasteiger partial charge in [0, 0.05) is 5.02 Å². The number of carbonyl (C=O) groups excluding carboxylic acids is 2. The molecule has 1 aromatic carbocycles. The Hall–Kier alpha value is -1.75. The molecule has 0 spiro atoms. The molecule has 2 N–H and O–H groups in total. The second-order valence-corrected chi connectivity index (χ2v) is 4.82. The van der Waals surface area contributed by atoms with Gasteiger partial charge in [-0.2, -0.15) is 0 Å². The fourth-order valence-electron chi connectivity index (χ4n) is 1.53. The molecule has 1 amide bonds. The van der Waals surface area contributed by atoms with E-state index in [-0.39, 0.29) is 17.2 Å². The highest BCUT2D eigenvalue weighted by molar-refractivity contribution is 6.31. The van der Waals surface area contributed by atoms with Crippen molar-refractivity contribution in [3.8, 4) is 5.75 Å². The maximum Gasteiger partial charge on any atom is 0.328 e. The number of hydrogen-bond donors (Lipinski definition) is 2. The summed E-state index contributed by atoms with van der Waals surface area (Å²) in [4.78, 5) is 23.6. The summed E-state index contributed by atoms with van der Waals surface area (Å²) >= 11 is 5.77. The van der Waals surface area contributed by atoms with Crippen LogP contribution in [0.15, 0.2) is 18.2 Å². The molecular weight excluding hydrogens is 270 g/mol. The molecule has 0 aromatic heterocycles. The molecule has 0 aliphatic carbocycles. The van der Waals surface area contributed by atoms with Gasteiger partial charge in [0.1, 0.15) is 11.8 Å². The van der Waals surface area contributed by atoms with Crippen molar-refractivity contribution in [1.82, 2.24) is 5.32 Å². The number of amides is 1. The predicted octanol–water partition coefficient (Wildman–Crippen LogP) is 1.97. The van der Waals surface area contributed by atoms with Gasteiger partial charge in [-0.1, -0.05) is 25.4 Å². The highest BCUT2D eigenvalue weighted by atomic mass is 35.5. The molecule has 0 fully saturated rings. The quantitative estimate of drug-likeness (QED) is 0.830.